The Morgan fingerprint density at radius 3 is 2.37 bits per heavy atom. The van der Waals surface area contributed by atoms with Gasteiger partial charge < -0.3 is 16.0 Å². The number of benzene rings is 3. The number of carbonyl (C=O) groups excluding carboxylic acids is 2. The van der Waals surface area contributed by atoms with Gasteiger partial charge in [-0.05, 0) is 61.0 Å². The highest BCUT2D eigenvalue weighted by Crippen LogP contribution is 2.16. The van der Waals surface area contributed by atoms with Crippen molar-refractivity contribution in [2.75, 3.05) is 18.4 Å². The van der Waals surface area contributed by atoms with Crippen LogP contribution in [0.4, 0.5) is 10.1 Å². The van der Waals surface area contributed by atoms with E-state index in [1.165, 1.54) is 18.2 Å². The Balaban J connectivity index is 1.75. The first kappa shape index (κ1) is 21.2. The maximum Gasteiger partial charge on any atom is 0.255 e. The molecule has 3 aromatic carbocycles. The van der Waals surface area contributed by atoms with Gasteiger partial charge in [0.05, 0.1) is 0 Å². The fraction of sp³-hybridized carbons (Fsp3) is 0.167. The van der Waals surface area contributed by atoms with Gasteiger partial charge in [-0.3, -0.25) is 9.59 Å². The van der Waals surface area contributed by atoms with Gasteiger partial charge in [-0.2, -0.15) is 0 Å². The van der Waals surface area contributed by atoms with Gasteiger partial charge in [-0.15, -0.1) is 0 Å². The fourth-order valence-electron chi connectivity index (χ4n) is 3.10. The molecule has 0 aliphatic carbocycles. The largest absolute Gasteiger partial charge is 0.334 e. The van der Waals surface area contributed by atoms with Crippen LogP contribution in [0.5, 0.6) is 0 Å². The van der Waals surface area contributed by atoms with E-state index >= 15 is 0 Å². The first-order chi connectivity index (χ1) is 14.6. The van der Waals surface area contributed by atoms with Crippen LogP contribution in [0, 0.1) is 5.82 Å². The molecule has 0 atom stereocenters. The summed E-state index contributed by atoms with van der Waals surface area (Å²) >= 11 is 0. The number of anilines is 1. The number of nitrogens with one attached hydrogen (secondary N) is 1. The molecule has 0 saturated heterocycles. The number of hydrogen-bond donors (Lipinski definition) is 2. The molecule has 0 spiro atoms. The standard InChI is InChI=1S/C24H24FN3O2/c25-21-11-5-10-20(16-21)24(30)28(14-6-13-26)17-18-7-4-12-22(15-18)27-23(29)19-8-2-1-3-9-19/h1-5,7-12,15-16H,6,13-14,17,26H2,(H,27,29). The molecule has 0 aliphatic heterocycles. The van der Waals surface area contributed by atoms with Gasteiger partial charge in [-0.25, -0.2) is 4.39 Å². The number of halogens is 1. The minimum Gasteiger partial charge on any atom is -0.334 e. The Hall–Kier alpha value is -3.51. The zero-order chi connectivity index (χ0) is 21.3. The Bertz CT molecular complexity index is 1010. The van der Waals surface area contributed by atoms with E-state index in [9.17, 15) is 14.0 Å². The van der Waals surface area contributed by atoms with Crippen molar-refractivity contribution in [1.29, 1.82) is 0 Å². The predicted octanol–water partition coefficient (Wildman–Crippen LogP) is 4.07. The molecule has 0 bridgehead atoms. The number of nitrogens with two attached hydrogens (primary N) is 1. The van der Waals surface area contributed by atoms with Crippen LogP contribution in [-0.4, -0.2) is 29.8 Å². The van der Waals surface area contributed by atoms with Crippen LogP contribution in [0.25, 0.3) is 0 Å². The van der Waals surface area contributed by atoms with Crippen molar-refractivity contribution in [3.63, 3.8) is 0 Å². The molecule has 0 saturated carbocycles. The topological polar surface area (TPSA) is 75.4 Å². The Morgan fingerprint density at radius 2 is 1.63 bits per heavy atom. The molecule has 3 aromatic rings. The summed E-state index contributed by atoms with van der Waals surface area (Å²) in [5.74, 6) is -0.921. The van der Waals surface area contributed by atoms with Crippen molar-refractivity contribution in [3.8, 4) is 0 Å². The quantitative estimate of drug-likeness (QED) is 0.593. The zero-order valence-electron chi connectivity index (χ0n) is 16.6. The molecule has 0 radical (unpaired) electrons. The van der Waals surface area contributed by atoms with Crippen molar-refractivity contribution in [3.05, 3.63) is 101 Å². The first-order valence-corrected chi connectivity index (χ1v) is 9.77. The van der Waals surface area contributed by atoms with E-state index in [1.54, 1.807) is 41.3 Å². The molecular formula is C24H24FN3O2. The van der Waals surface area contributed by atoms with Gasteiger partial charge in [0.1, 0.15) is 5.82 Å². The normalized spacial score (nSPS) is 10.5. The molecule has 0 heterocycles. The van der Waals surface area contributed by atoms with Crippen molar-refractivity contribution in [2.24, 2.45) is 5.73 Å². The molecule has 3 rings (SSSR count). The lowest BCUT2D eigenvalue weighted by atomic mass is 10.1. The van der Waals surface area contributed by atoms with Crippen LogP contribution >= 0.6 is 0 Å². The van der Waals surface area contributed by atoms with E-state index in [0.29, 0.717) is 42.9 Å². The third kappa shape index (κ3) is 5.75. The number of amides is 2. The van der Waals surface area contributed by atoms with Crippen LogP contribution in [0.2, 0.25) is 0 Å². The lowest BCUT2D eigenvalue weighted by Crippen LogP contribution is -2.32. The average Bonchev–Trinajstić information content (AvgIpc) is 2.77. The van der Waals surface area contributed by atoms with E-state index in [-0.39, 0.29) is 11.8 Å². The van der Waals surface area contributed by atoms with Gasteiger partial charge in [0.2, 0.25) is 0 Å². The smallest absolute Gasteiger partial charge is 0.255 e. The zero-order valence-corrected chi connectivity index (χ0v) is 16.6. The van der Waals surface area contributed by atoms with Crippen molar-refractivity contribution < 1.29 is 14.0 Å². The average molecular weight is 405 g/mol. The van der Waals surface area contributed by atoms with Gasteiger partial charge in [0.25, 0.3) is 11.8 Å². The van der Waals surface area contributed by atoms with Gasteiger partial charge in [0.15, 0.2) is 0 Å². The summed E-state index contributed by atoms with van der Waals surface area (Å²) in [6.45, 7) is 1.22. The molecular weight excluding hydrogens is 381 g/mol. The summed E-state index contributed by atoms with van der Waals surface area (Å²) < 4.78 is 13.6. The monoisotopic (exact) mass is 405 g/mol. The summed E-state index contributed by atoms with van der Waals surface area (Å²) in [6.07, 6.45) is 0.630. The molecule has 0 fully saturated rings. The second-order valence-electron chi connectivity index (χ2n) is 6.90. The Morgan fingerprint density at radius 1 is 0.900 bits per heavy atom. The highest BCUT2D eigenvalue weighted by atomic mass is 19.1. The van der Waals surface area contributed by atoms with Gasteiger partial charge in [0, 0.05) is 29.9 Å². The summed E-state index contributed by atoms with van der Waals surface area (Å²) in [6, 6.07) is 21.9. The highest BCUT2D eigenvalue weighted by Gasteiger charge is 2.17. The Labute approximate surface area is 175 Å². The summed E-state index contributed by atoms with van der Waals surface area (Å²) in [5.41, 5.74) is 7.96. The third-order valence-corrected chi connectivity index (χ3v) is 4.59. The van der Waals surface area contributed by atoms with Crippen LogP contribution in [0.15, 0.2) is 78.9 Å². The van der Waals surface area contributed by atoms with E-state index in [2.05, 4.69) is 5.32 Å². The van der Waals surface area contributed by atoms with Crippen LogP contribution in [0.1, 0.15) is 32.7 Å². The number of rotatable bonds is 8. The second kappa shape index (κ2) is 10.3. The SMILES string of the molecule is NCCCN(Cc1cccc(NC(=O)c2ccccc2)c1)C(=O)c1cccc(F)c1. The second-order valence-corrected chi connectivity index (χ2v) is 6.90. The van der Waals surface area contributed by atoms with Crippen LogP contribution in [0.3, 0.4) is 0 Å². The Kier molecular flexibility index (Phi) is 7.29. The number of carbonyl (C=O) groups is 2. The molecule has 2 amide bonds. The van der Waals surface area contributed by atoms with E-state index in [1.807, 2.05) is 24.3 Å². The predicted molar refractivity (Wildman–Crippen MR) is 116 cm³/mol. The lowest BCUT2D eigenvalue weighted by molar-refractivity contribution is 0.0741. The minimum atomic E-state index is -0.453. The molecule has 0 aromatic heterocycles. The third-order valence-electron chi connectivity index (χ3n) is 4.59. The van der Waals surface area contributed by atoms with E-state index in [4.69, 9.17) is 5.73 Å². The van der Waals surface area contributed by atoms with Crippen molar-refractivity contribution in [1.82, 2.24) is 4.90 Å². The van der Waals surface area contributed by atoms with Gasteiger partial charge in [-0.1, -0.05) is 36.4 Å². The summed E-state index contributed by atoms with van der Waals surface area (Å²) in [4.78, 5) is 26.9. The summed E-state index contributed by atoms with van der Waals surface area (Å²) in [5, 5.41) is 2.87. The van der Waals surface area contributed by atoms with Gasteiger partial charge >= 0.3 is 0 Å². The van der Waals surface area contributed by atoms with Crippen LogP contribution < -0.4 is 11.1 Å². The molecule has 0 unspecified atom stereocenters. The number of nitrogens with zero attached hydrogens (tertiary/aromatic N) is 1. The lowest BCUT2D eigenvalue weighted by Gasteiger charge is -2.23. The minimum absolute atomic E-state index is 0.205. The first-order valence-electron chi connectivity index (χ1n) is 9.77. The molecule has 0 aliphatic rings. The summed E-state index contributed by atoms with van der Waals surface area (Å²) in [7, 11) is 0. The fourth-order valence-corrected chi connectivity index (χ4v) is 3.10. The number of hydrogen-bond acceptors (Lipinski definition) is 3. The van der Waals surface area contributed by atoms with E-state index in [0.717, 1.165) is 5.56 Å². The maximum absolute atomic E-state index is 13.6. The molecule has 3 N–H and O–H groups in total. The molecule has 154 valence electrons. The van der Waals surface area contributed by atoms with E-state index < -0.39 is 5.82 Å². The maximum atomic E-state index is 13.6. The molecule has 30 heavy (non-hydrogen) atoms. The highest BCUT2D eigenvalue weighted by molar-refractivity contribution is 6.04. The molecule has 6 heteroatoms. The van der Waals surface area contributed by atoms with Crippen molar-refractivity contribution >= 4 is 17.5 Å². The van der Waals surface area contributed by atoms with Crippen LogP contribution in [-0.2, 0) is 6.54 Å². The molecule has 5 nitrogen and oxygen atoms in total. The van der Waals surface area contributed by atoms with Crippen molar-refractivity contribution in [2.45, 2.75) is 13.0 Å².